The molecular weight excluding hydrogens is 219 g/mol. The lowest BCUT2D eigenvalue weighted by molar-refractivity contribution is -0.128. The summed E-state index contributed by atoms with van der Waals surface area (Å²) in [5.41, 5.74) is 0. The van der Waals surface area contributed by atoms with Crippen molar-refractivity contribution in [3.05, 3.63) is 0 Å². The van der Waals surface area contributed by atoms with Gasteiger partial charge in [-0.1, -0.05) is 22.6 Å². The highest BCUT2D eigenvalue weighted by molar-refractivity contribution is 14.1. The zero-order chi connectivity index (χ0) is 6.24. The summed E-state index contributed by atoms with van der Waals surface area (Å²) in [6.07, 6.45) is 2.12. The molecule has 0 amide bonds. The Morgan fingerprint density at radius 1 is 1.50 bits per heavy atom. The van der Waals surface area contributed by atoms with Gasteiger partial charge in [-0.3, -0.25) is 4.79 Å². The van der Waals surface area contributed by atoms with Crippen molar-refractivity contribution in [1.82, 2.24) is 0 Å². The van der Waals surface area contributed by atoms with Crippen LogP contribution in [0.4, 0.5) is 0 Å². The van der Waals surface area contributed by atoms with Gasteiger partial charge in [0.1, 0.15) is 0 Å². The molecule has 0 bridgehead atoms. The van der Waals surface area contributed by atoms with Gasteiger partial charge in [-0.2, -0.15) is 0 Å². The van der Waals surface area contributed by atoms with E-state index < -0.39 is 0 Å². The minimum Gasteiger partial charge on any atom is -0.468 e. The Hall–Kier alpha value is 0.200. The van der Waals surface area contributed by atoms with E-state index in [1.54, 1.807) is 0 Å². The number of halogens is 1. The third-order valence-electron chi connectivity index (χ3n) is 0.714. The average Bonchev–Trinajstić information content (AvgIpc) is 1.81. The molecule has 0 rings (SSSR count). The normalized spacial score (nSPS) is 8.62. The molecule has 0 spiro atoms. The Morgan fingerprint density at radius 3 is 2.75 bits per heavy atom. The molecule has 0 aromatic rings. The number of hydrogen-bond acceptors (Lipinski definition) is 2. The molecule has 0 aromatic heterocycles. The van der Waals surface area contributed by atoms with Gasteiger partial charge in [-0.25, -0.2) is 0 Å². The molecule has 3 heteroatoms. The highest BCUT2D eigenvalue weighted by Crippen LogP contribution is 1.93. The maximum atomic E-state index is 9.54. The number of hydrogen-bond donors (Lipinski definition) is 0. The van der Waals surface area contributed by atoms with Gasteiger partial charge in [-0.15, -0.1) is 0 Å². The molecule has 0 aliphatic carbocycles. The van der Waals surface area contributed by atoms with Crippen LogP contribution in [-0.4, -0.2) is 17.5 Å². The van der Waals surface area contributed by atoms with E-state index in [9.17, 15) is 4.79 Å². The van der Waals surface area contributed by atoms with E-state index in [1.165, 1.54) is 0 Å². The topological polar surface area (TPSA) is 26.3 Å². The molecule has 0 fully saturated rings. The molecule has 8 heavy (non-hydrogen) atoms. The predicted octanol–water partition coefficient (Wildman–Crippen LogP) is 1.37. The van der Waals surface area contributed by atoms with E-state index in [4.69, 9.17) is 0 Å². The van der Waals surface area contributed by atoms with Crippen LogP contribution in [0.5, 0.6) is 0 Å². The van der Waals surface area contributed by atoms with Crippen molar-refractivity contribution in [1.29, 1.82) is 0 Å². The van der Waals surface area contributed by atoms with Crippen molar-refractivity contribution in [3.63, 3.8) is 0 Å². The van der Waals surface area contributed by atoms with Gasteiger partial charge in [0.2, 0.25) is 0 Å². The molecule has 0 radical (unpaired) electrons. The zero-order valence-electron chi connectivity index (χ0n) is 4.60. The first-order valence-corrected chi connectivity index (χ1v) is 4.05. The van der Waals surface area contributed by atoms with Gasteiger partial charge in [0.25, 0.3) is 6.47 Å². The van der Waals surface area contributed by atoms with Crippen LogP contribution in [0.15, 0.2) is 0 Å². The monoisotopic (exact) mass is 228 g/mol. The maximum absolute atomic E-state index is 9.54. The Morgan fingerprint density at radius 2 is 2.25 bits per heavy atom. The van der Waals surface area contributed by atoms with Crippen LogP contribution >= 0.6 is 22.6 Å². The molecule has 0 atom stereocenters. The van der Waals surface area contributed by atoms with Crippen molar-refractivity contribution in [3.8, 4) is 0 Å². The summed E-state index contributed by atoms with van der Waals surface area (Å²) in [4.78, 5) is 9.54. The third kappa shape index (κ3) is 6.20. The second kappa shape index (κ2) is 7.20. The predicted molar refractivity (Wildman–Crippen MR) is 40.1 cm³/mol. The van der Waals surface area contributed by atoms with E-state index in [-0.39, 0.29) is 0 Å². The van der Waals surface area contributed by atoms with Gasteiger partial charge >= 0.3 is 0 Å². The summed E-state index contributed by atoms with van der Waals surface area (Å²) in [6.45, 7) is 1.07. The van der Waals surface area contributed by atoms with Crippen LogP contribution in [0, 0.1) is 0 Å². The summed E-state index contributed by atoms with van der Waals surface area (Å²) >= 11 is 2.30. The van der Waals surface area contributed by atoms with Gasteiger partial charge in [0, 0.05) is 0 Å². The van der Waals surface area contributed by atoms with Crippen LogP contribution in [-0.2, 0) is 9.53 Å². The maximum Gasteiger partial charge on any atom is 0.293 e. The Bertz CT molecular complexity index is 56.4. The van der Waals surface area contributed by atoms with Crippen LogP contribution in [0.25, 0.3) is 0 Å². The van der Waals surface area contributed by atoms with Crippen LogP contribution < -0.4 is 0 Å². The summed E-state index contributed by atoms with van der Waals surface area (Å²) in [6, 6.07) is 0. The summed E-state index contributed by atoms with van der Waals surface area (Å²) in [5, 5.41) is 0. The minimum absolute atomic E-state index is 0.493. The molecule has 0 unspecified atom stereocenters. The number of alkyl halides is 1. The summed E-state index contributed by atoms with van der Waals surface area (Å²) in [7, 11) is 0. The number of ether oxygens (including phenoxy) is 1. The minimum atomic E-state index is 0.493. The largest absolute Gasteiger partial charge is 0.468 e. The van der Waals surface area contributed by atoms with Crippen molar-refractivity contribution in [2.24, 2.45) is 0 Å². The number of rotatable bonds is 5. The van der Waals surface area contributed by atoms with Crippen molar-refractivity contribution in [2.75, 3.05) is 11.0 Å². The van der Waals surface area contributed by atoms with E-state index in [0.717, 1.165) is 17.3 Å². The van der Waals surface area contributed by atoms with Crippen molar-refractivity contribution in [2.45, 2.75) is 12.8 Å². The fourth-order valence-electron chi connectivity index (χ4n) is 0.328. The van der Waals surface area contributed by atoms with Gasteiger partial charge < -0.3 is 4.74 Å². The first-order valence-electron chi connectivity index (χ1n) is 2.53. The summed E-state index contributed by atoms with van der Waals surface area (Å²) in [5.74, 6) is 0. The van der Waals surface area contributed by atoms with Crippen LogP contribution in [0.3, 0.4) is 0 Å². The fourth-order valence-corrected chi connectivity index (χ4v) is 0.867. The van der Waals surface area contributed by atoms with Crippen LogP contribution in [0.1, 0.15) is 12.8 Å². The number of unbranched alkanes of at least 4 members (excludes halogenated alkanes) is 1. The quantitative estimate of drug-likeness (QED) is 0.307. The third-order valence-corrected chi connectivity index (χ3v) is 1.48. The smallest absolute Gasteiger partial charge is 0.293 e. The van der Waals surface area contributed by atoms with Crippen molar-refractivity contribution >= 4 is 29.1 Å². The Balaban J connectivity index is 2.62. The van der Waals surface area contributed by atoms with Crippen molar-refractivity contribution < 1.29 is 9.53 Å². The molecule has 0 aromatic carbocycles. The molecule has 2 nitrogen and oxygen atoms in total. The Kier molecular flexibility index (Phi) is 7.38. The Labute approximate surface area is 62.7 Å². The molecule has 0 aliphatic rings. The first-order chi connectivity index (χ1) is 3.91. The SMILES string of the molecule is O=COCCCCI. The zero-order valence-corrected chi connectivity index (χ0v) is 6.76. The summed E-state index contributed by atoms with van der Waals surface area (Å²) < 4.78 is 5.59. The van der Waals surface area contributed by atoms with E-state index in [0.29, 0.717) is 13.1 Å². The molecule has 0 aliphatic heterocycles. The molecule has 0 N–H and O–H groups in total. The number of carbonyl (C=O) groups is 1. The van der Waals surface area contributed by atoms with E-state index in [2.05, 4.69) is 27.3 Å². The molecular formula is C5H9IO2. The molecule has 0 saturated carbocycles. The molecule has 0 saturated heterocycles. The van der Waals surface area contributed by atoms with E-state index in [1.807, 2.05) is 0 Å². The molecule has 0 heterocycles. The second-order valence-electron chi connectivity index (χ2n) is 1.36. The fraction of sp³-hybridized carbons (Fsp3) is 0.800. The van der Waals surface area contributed by atoms with Crippen LogP contribution in [0.2, 0.25) is 0 Å². The lowest BCUT2D eigenvalue weighted by Gasteiger charge is -1.93. The highest BCUT2D eigenvalue weighted by Gasteiger charge is 1.83. The molecule has 48 valence electrons. The average molecular weight is 228 g/mol. The van der Waals surface area contributed by atoms with Gasteiger partial charge in [-0.05, 0) is 17.3 Å². The van der Waals surface area contributed by atoms with Gasteiger partial charge in [0.15, 0.2) is 0 Å². The lowest BCUT2D eigenvalue weighted by atomic mass is 10.4. The lowest BCUT2D eigenvalue weighted by Crippen LogP contribution is -1.90. The standard InChI is InChI=1S/C5H9IO2/c6-3-1-2-4-8-5-7/h5H,1-4H2. The highest BCUT2D eigenvalue weighted by atomic mass is 127. The number of carbonyl (C=O) groups excluding carboxylic acids is 1. The van der Waals surface area contributed by atoms with E-state index >= 15 is 0 Å². The first kappa shape index (κ1) is 8.20. The second-order valence-corrected chi connectivity index (χ2v) is 2.44. The van der Waals surface area contributed by atoms with Gasteiger partial charge in [0.05, 0.1) is 6.61 Å².